The van der Waals surface area contributed by atoms with Crippen molar-refractivity contribution in [2.45, 2.75) is 127 Å². The van der Waals surface area contributed by atoms with Gasteiger partial charge in [0.25, 0.3) is 11.8 Å². The Morgan fingerprint density at radius 3 is 2.51 bits per heavy atom. The van der Waals surface area contributed by atoms with Crippen LogP contribution in [-0.4, -0.2) is 89.4 Å². The maximum Gasteiger partial charge on any atom is 0.410 e. The highest BCUT2D eigenvalue weighted by atomic mass is 32.2. The summed E-state index contributed by atoms with van der Waals surface area (Å²) in [7, 11) is -4.05. The van der Waals surface area contributed by atoms with Crippen molar-refractivity contribution in [3.05, 3.63) is 47.3 Å². The number of hydrogen-bond acceptors (Lipinski definition) is 8. The van der Waals surface area contributed by atoms with E-state index in [1.54, 1.807) is 6.07 Å². The second-order valence-electron chi connectivity index (χ2n) is 16.2. The summed E-state index contributed by atoms with van der Waals surface area (Å²) in [6, 6.07) is 1.84. The Balaban J connectivity index is 1.28. The number of fused-ring (bicyclic) bond motifs is 3. The number of allylic oxidation sites excluding steroid dienone is 1. The lowest BCUT2D eigenvalue weighted by Gasteiger charge is -2.30. The monoisotopic (exact) mass is 765 g/mol. The Kier molecular flexibility index (Phi) is 10.4. The number of amides is 5. The molecule has 5 aliphatic rings. The molecule has 0 bridgehead atoms. The van der Waals surface area contributed by atoms with Crippen molar-refractivity contribution in [3.63, 3.8) is 0 Å². The molecule has 5 atom stereocenters. The maximum atomic E-state index is 15.0. The van der Waals surface area contributed by atoms with Crippen LogP contribution in [0.4, 0.5) is 18.0 Å². The Morgan fingerprint density at radius 2 is 1.83 bits per heavy atom. The SMILES string of the molecule is CC(C)(C)CC(=O)N[C@H]1CCCC(F)(F)C/C=C\[C@@H]2C[C@@]2(C(=O)NS(=O)(=O)C2CC2)NC(=O)[C@@H]2C[C@@H](OC(=O)N3Cc4cccc(F)c4C3)CN2C1=O. The van der Waals surface area contributed by atoms with Gasteiger partial charge in [-0.3, -0.25) is 28.8 Å². The van der Waals surface area contributed by atoms with E-state index in [1.807, 2.05) is 20.8 Å². The molecular formula is C36H46F3N5O8S. The molecule has 3 heterocycles. The smallest absolute Gasteiger partial charge is 0.410 e. The molecule has 3 N–H and O–H groups in total. The van der Waals surface area contributed by atoms with Crippen molar-refractivity contribution >= 4 is 39.7 Å². The number of sulfonamides is 1. The van der Waals surface area contributed by atoms with E-state index in [9.17, 15) is 36.8 Å². The number of carbonyl (C=O) groups is 5. The van der Waals surface area contributed by atoms with Crippen LogP contribution in [0.25, 0.3) is 0 Å². The number of halogens is 3. The minimum Gasteiger partial charge on any atom is -0.444 e. The second-order valence-corrected chi connectivity index (χ2v) is 18.1. The molecule has 0 spiro atoms. The molecule has 1 saturated heterocycles. The number of hydrogen-bond donors (Lipinski definition) is 3. The van der Waals surface area contributed by atoms with Crippen LogP contribution in [0.3, 0.4) is 0 Å². The molecule has 0 radical (unpaired) electrons. The summed E-state index contributed by atoms with van der Waals surface area (Å²) in [4.78, 5) is 70.8. The molecule has 3 fully saturated rings. The molecule has 0 unspecified atom stereocenters. The maximum absolute atomic E-state index is 15.0. The Bertz CT molecular complexity index is 1810. The van der Waals surface area contributed by atoms with Crippen molar-refractivity contribution in [2.75, 3.05) is 6.54 Å². The number of carbonyl (C=O) groups excluding carboxylic acids is 5. The van der Waals surface area contributed by atoms with E-state index in [-0.39, 0.29) is 51.7 Å². The standard InChI is InChI=1S/C36H46F3N5O8S/c1-34(2,3)17-29(45)40-27-10-6-14-35(38,39)13-5-8-22-16-36(22,32(48)42-53(50,51)24-11-12-24)41-30(46)28-15-23(19-44(28)31(27)47)52-33(49)43-18-21-7-4-9-26(37)25(21)20-43/h4-5,7-9,22-24,27-28H,6,10-20H2,1-3H3,(H,40,45)(H,41,46)(H,42,48)/b8-5-/t22-,23-,27+,28+,36-/m1/s1. The summed E-state index contributed by atoms with van der Waals surface area (Å²) in [5, 5.41) is 4.55. The molecule has 2 saturated carbocycles. The fourth-order valence-corrected chi connectivity index (χ4v) is 8.69. The number of rotatable bonds is 6. The molecule has 1 aromatic carbocycles. The first-order valence-corrected chi connectivity index (χ1v) is 19.6. The minimum atomic E-state index is -4.05. The lowest BCUT2D eigenvalue weighted by molar-refractivity contribution is -0.142. The van der Waals surface area contributed by atoms with Crippen LogP contribution in [0.2, 0.25) is 0 Å². The van der Waals surface area contributed by atoms with Gasteiger partial charge in [0.05, 0.1) is 18.3 Å². The quantitative estimate of drug-likeness (QED) is 0.370. The second kappa shape index (κ2) is 14.3. The predicted octanol–water partition coefficient (Wildman–Crippen LogP) is 3.42. The van der Waals surface area contributed by atoms with Crippen molar-refractivity contribution < 1.29 is 50.3 Å². The fourth-order valence-electron chi connectivity index (χ4n) is 7.33. The number of benzene rings is 1. The normalized spacial score (nSPS) is 29.4. The summed E-state index contributed by atoms with van der Waals surface area (Å²) >= 11 is 0. The Labute approximate surface area is 306 Å². The number of alkyl halides is 2. The van der Waals surface area contributed by atoms with Gasteiger partial charge in [-0.1, -0.05) is 45.1 Å². The van der Waals surface area contributed by atoms with E-state index in [2.05, 4.69) is 15.4 Å². The molecule has 0 aromatic heterocycles. The minimum absolute atomic E-state index is 0.0174. The molecule has 13 nitrogen and oxygen atoms in total. The molecule has 5 amide bonds. The number of nitrogens with one attached hydrogen (secondary N) is 3. The van der Waals surface area contributed by atoms with Crippen LogP contribution >= 0.6 is 0 Å². The van der Waals surface area contributed by atoms with E-state index in [0.717, 1.165) is 4.90 Å². The van der Waals surface area contributed by atoms with Crippen LogP contribution in [0.1, 0.15) is 89.7 Å². The van der Waals surface area contributed by atoms with Gasteiger partial charge in [0.2, 0.25) is 27.7 Å². The van der Waals surface area contributed by atoms with E-state index in [0.29, 0.717) is 24.0 Å². The van der Waals surface area contributed by atoms with E-state index in [4.69, 9.17) is 4.74 Å². The van der Waals surface area contributed by atoms with Crippen LogP contribution in [0.15, 0.2) is 30.4 Å². The molecular weight excluding hydrogens is 719 g/mol. The average Bonchev–Trinajstić information content (AvgIpc) is 3.93. The van der Waals surface area contributed by atoms with Gasteiger partial charge in [-0.15, -0.1) is 0 Å². The highest BCUT2D eigenvalue weighted by Gasteiger charge is 2.62. The van der Waals surface area contributed by atoms with Crippen LogP contribution in [0, 0.1) is 17.2 Å². The summed E-state index contributed by atoms with van der Waals surface area (Å²) in [5.74, 6) is -7.62. The van der Waals surface area contributed by atoms with Gasteiger partial charge in [-0.25, -0.2) is 26.4 Å². The number of nitrogens with zero attached hydrogens (tertiary/aromatic N) is 2. The Morgan fingerprint density at radius 1 is 1.09 bits per heavy atom. The zero-order valence-corrected chi connectivity index (χ0v) is 30.8. The van der Waals surface area contributed by atoms with Crippen LogP contribution in [0.5, 0.6) is 0 Å². The first kappa shape index (κ1) is 38.6. The molecule has 6 rings (SSSR count). The highest BCUT2D eigenvalue weighted by Crippen LogP contribution is 2.46. The Hall–Kier alpha value is -4.15. The molecule has 3 aliphatic heterocycles. The van der Waals surface area contributed by atoms with E-state index < -0.39 is 105 Å². The third-order valence-electron chi connectivity index (χ3n) is 10.4. The molecule has 2 aliphatic carbocycles. The van der Waals surface area contributed by atoms with Gasteiger partial charge in [-0.05, 0) is 49.1 Å². The van der Waals surface area contributed by atoms with Gasteiger partial charge in [-0.2, -0.15) is 0 Å². The van der Waals surface area contributed by atoms with Gasteiger partial charge < -0.3 is 20.3 Å². The van der Waals surface area contributed by atoms with Gasteiger partial charge in [0.1, 0.15) is 29.5 Å². The molecule has 53 heavy (non-hydrogen) atoms. The van der Waals surface area contributed by atoms with Crippen LogP contribution in [-0.2, 0) is 47.0 Å². The highest BCUT2D eigenvalue weighted by molar-refractivity contribution is 7.91. The summed E-state index contributed by atoms with van der Waals surface area (Å²) in [6.45, 7) is 5.17. The van der Waals surface area contributed by atoms with Crippen molar-refractivity contribution in [1.82, 2.24) is 25.2 Å². The number of ether oxygens (including phenoxy) is 1. The summed E-state index contributed by atoms with van der Waals surface area (Å²) in [5.41, 5.74) is -1.32. The van der Waals surface area contributed by atoms with Crippen LogP contribution < -0.4 is 15.4 Å². The zero-order valence-electron chi connectivity index (χ0n) is 30.0. The topological polar surface area (TPSA) is 171 Å². The molecule has 17 heteroatoms. The lowest BCUT2D eigenvalue weighted by Crippen LogP contribution is -2.58. The van der Waals surface area contributed by atoms with Gasteiger partial charge >= 0.3 is 6.09 Å². The van der Waals surface area contributed by atoms with Crippen molar-refractivity contribution in [2.24, 2.45) is 11.3 Å². The first-order chi connectivity index (χ1) is 24.8. The first-order valence-electron chi connectivity index (χ1n) is 18.0. The molecule has 290 valence electrons. The fraction of sp³-hybridized carbons (Fsp3) is 0.639. The molecule has 1 aromatic rings. The third kappa shape index (κ3) is 8.81. The van der Waals surface area contributed by atoms with Gasteiger partial charge in [0, 0.05) is 43.7 Å². The van der Waals surface area contributed by atoms with E-state index >= 15 is 8.78 Å². The largest absolute Gasteiger partial charge is 0.444 e. The lowest BCUT2D eigenvalue weighted by atomic mass is 9.91. The van der Waals surface area contributed by atoms with Crippen molar-refractivity contribution in [1.29, 1.82) is 0 Å². The summed E-state index contributed by atoms with van der Waals surface area (Å²) < 4.78 is 77.7. The average molecular weight is 766 g/mol. The van der Waals surface area contributed by atoms with E-state index in [1.165, 1.54) is 29.2 Å². The third-order valence-corrected chi connectivity index (χ3v) is 12.2. The summed E-state index contributed by atoms with van der Waals surface area (Å²) in [6.07, 6.45) is -0.493. The zero-order chi connectivity index (χ0) is 38.5. The van der Waals surface area contributed by atoms with Gasteiger partial charge in [0.15, 0.2) is 0 Å². The van der Waals surface area contributed by atoms with Crippen molar-refractivity contribution in [3.8, 4) is 0 Å². The predicted molar refractivity (Wildman–Crippen MR) is 184 cm³/mol.